The molecule has 9 nitrogen and oxygen atoms in total. The van der Waals surface area contributed by atoms with Crippen LogP contribution in [0.3, 0.4) is 0 Å². The lowest BCUT2D eigenvalue weighted by Crippen LogP contribution is -2.13. The van der Waals surface area contributed by atoms with Crippen LogP contribution in [0.15, 0.2) is 0 Å². The average molecular weight is 677 g/mol. The van der Waals surface area contributed by atoms with Gasteiger partial charge in [-0.3, -0.25) is 14.6 Å². The molecule has 0 atom stereocenters. The summed E-state index contributed by atoms with van der Waals surface area (Å²) in [4.78, 5) is 46.2. The predicted molar refractivity (Wildman–Crippen MR) is 184 cm³/mol. The Hall–Kier alpha value is -1.44. The first-order valence-corrected chi connectivity index (χ1v) is 20.4. The maximum Gasteiger partial charge on any atom is 0.606 e. The van der Waals surface area contributed by atoms with E-state index in [1.807, 2.05) is 0 Å². The summed E-state index contributed by atoms with van der Waals surface area (Å²) in [6.07, 6.45) is 29.3. The highest BCUT2D eigenvalue weighted by Gasteiger charge is 2.38. The van der Waals surface area contributed by atoms with E-state index >= 15 is 0 Å². The zero-order valence-electron chi connectivity index (χ0n) is 29.8. The average Bonchev–Trinajstić information content (AvgIpc) is 3.04. The van der Waals surface area contributed by atoms with Gasteiger partial charge in [0.15, 0.2) is 0 Å². The van der Waals surface area contributed by atoms with Crippen LogP contribution in [0.4, 0.5) is 0 Å². The fourth-order valence-electron chi connectivity index (χ4n) is 5.21. The summed E-state index contributed by atoms with van der Waals surface area (Å²) in [6.45, 7) is 6.59. The molecular weight excluding hydrogens is 607 g/mol. The minimum absolute atomic E-state index is 0.00860. The van der Waals surface area contributed by atoms with Gasteiger partial charge in [0, 0.05) is 19.3 Å². The third kappa shape index (κ3) is 31.2. The van der Waals surface area contributed by atoms with Gasteiger partial charge in [-0.25, -0.2) is 14.2 Å². The molecule has 10 heteroatoms. The highest BCUT2D eigenvalue weighted by molar-refractivity contribution is 7.48. The molecule has 0 heterocycles. The van der Waals surface area contributed by atoms with Crippen molar-refractivity contribution in [3.05, 3.63) is 0 Å². The highest BCUT2D eigenvalue weighted by Crippen LogP contribution is 2.50. The molecule has 0 unspecified atom stereocenters. The SMILES string of the molecule is CCCCCCCCCCCC(=O)OOP(=O)(OOC(=O)CCCCCCCCCCC)OC(=O)CCCCCCCCCCC. The minimum Gasteiger partial charge on any atom is -0.367 e. The Morgan fingerprint density at radius 1 is 0.370 bits per heavy atom. The van der Waals surface area contributed by atoms with Crippen molar-refractivity contribution < 1.29 is 42.6 Å². The quantitative estimate of drug-likeness (QED) is 0.0280. The zero-order chi connectivity index (χ0) is 34.0. The molecule has 0 saturated carbocycles. The van der Waals surface area contributed by atoms with Crippen LogP contribution in [0.5, 0.6) is 0 Å². The van der Waals surface area contributed by atoms with E-state index in [1.54, 1.807) is 0 Å². The molecule has 0 amide bonds. The molecule has 46 heavy (non-hydrogen) atoms. The second kappa shape index (κ2) is 33.5. The number of carbonyl (C=O) groups is 3. The summed E-state index contributed by atoms with van der Waals surface area (Å²) in [5.41, 5.74) is 0. The van der Waals surface area contributed by atoms with Crippen LogP contribution in [0.1, 0.15) is 213 Å². The maximum absolute atomic E-state index is 13.1. The van der Waals surface area contributed by atoms with E-state index in [2.05, 4.69) is 30.5 Å². The van der Waals surface area contributed by atoms with Crippen LogP contribution in [0.25, 0.3) is 0 Å². The molecule has 0 aliphatic carbocycles. The molecule has 0 aromatic rings. The van der Waals surface area contributed by atoms with E-state index in [0.29, 0.717) is 19.3 Å². The van der Waals surface area contributed by atoms with Crippen LogP contribution < -0.4 is 0 Å². The van der Waals surface area contributed by atoms with Crippen LogP contribution in [-0.4, -0.2) is 17.9 Å². The van der Waals surface area contributed by atoms with Crippen LogP contribution in [0, 0.1) is 0 Å². The van der Waals surface area contributed by atoms with E-state index in [0.717, 1.165) is 57.8 Å². The molecular formula is C36H69O9P. The molecule has 0 fully saturated rings. The van der Waals surface area contributed by atoms with Crippen molar-refractivity contribution in [2.75, 3.05) is 0 Å². The minimum atomic E-state index is -4.82. The van der Waals surface area contributed by atoms with E-state index in [9.17, 15) is 18.9 Å². The number of hydrogen-bond acceptors (Lipinski definition) is 9. The Morgan fingerprint density at radius 2 is 0.609 bits per heavy atom. The van der Waals surface area contributed by atoms with Gasteiger partial charge >= 0.3 is 25.7 Å². The summed E-state index contributed by atoms with van der Waals surface area (Å²) < 4.78 is 27.4. The topological polar surface area (TPSA) is 114 Å². The summed E-state index contributed by atoms with van der Waals surface area (Å²) in [5, 5.41) is 0. The molecule has 0 N–H and O–H groups in total. The summed E-state index contributed by atoms with van der Waals surface area (Å²) in [5.74, 6) is -2.36. The Kier molecular flexibility index (Phi) is 32.4. The van der Waals surface area contributed by atoms with Crippen LogP contribution >= 0.6 is 7.82 Å². The van der Waals surface area contributed by atoms with Crippen molar-refractivity contribution in [1.29, 1.82) is 0 Å². The number of carbonyl (C=O) groups excluding carboxylic acids is 3. The van der Waals surface area contributed by atoms with E-state index in [4.69, 9.17) is 13.9 Å². The Morgan fingerprint density at radius 3 is 0.891 bits per heavy atom. The van der Waals surface area contributed by atoms with E-state index in [-0.39, 0.29) is 19.3 Å². The molecule has 0 saturated heterocycles. The van der Waals surface area contributed by atoms with E-state index in [1.165, 1.54) is 96.3 Å². The van der Waals surface area contributed by atoms with Gasteiger partial charge in [-0.2, -0.15) is 0 Å². The molecule has 0 radical (unpaired) electrons. The van der Waals surface area contributed by atoms with E-state index < -0.39 is 25.7 Å². The van der Waals surface area contributed by atoms with Gasteiger partial charge in [0.05, 0.1) is 0 Å². The first kappa shape index (κ1) is 44.6. The first-order chi connectivity index (χ1) is 22.4. The van der Waals surface area contributed by atoms with Crippen molar-refractivity contribution in [3.63, 3.8) is 0 Å². The van der Waals surface area contributed by atoms with Gasteiger partial charge < -0.3 is 4.52 Å². The van der Waals surface area contributed by atoms with Crippen molar-refractivity contribution in [1.82, 2.24) is 0 Å². The lowest BCUT2D eigenvalue weighted by atomic mass is 10.1. The third-order valence-electron chi connectivity index (χ3n) is 8.11. The Balaban J connectivity index is 4.53. The second-order valence-electron chi connectivity index (χ2n) is 12.7. The monoisotopic (exact) mass is 676 g/mol. The molecule has 0 rings (SSSR count). The largest absolute Gasteiger partial charge is 0.606 e. The van der Waals surface area contributed by atoms with Crippen LogP contribution in [-0.2, 0) is 42.6 Å². The van der Waals surface area contributed by atoms with Gasteiger partial charge in [-0.05, 0) is 19.3 Å². The van der Waals surface area contributed by atoms with Crippen molar-refractivity contribution >= 4 is 25.7 Å². The molecule has 0 bridgehead atoms. The second-order valence-corrected chi connectivity index (χ2v) is 14.1. The molecule has 0 aromatic heterocycles. The van der Waals surface area contributed by atoms with Gasteiger partial charge in [0.25, 0.3) is 0 Å². The van der Waals surface area contributed by atoms with Crippen molar-refractivity contribution in [2.24, 2.45) is 0 Å². The van der Waals surface area contributed by atoms with Gasteiger partial charge in [-0.1, -0.05) is 184 Å². The molecule has 0 aliphatic heterocycles. The number of unbranched alkanes of at least 4 members (excludes halogenated alkanes) is 24. The Bertz CT molecular complexity index is 733. The summed E-state index contributed by atoms with van der Waals surface area (Å²) in [7, 11) is -4.82. The predicted octanol–water partition coefficient (Wildman–Crippen LogP) is 12.3. The summed E-state index contributed by atoms with van der Waals surface area (Å²) >= 11 is 0. The zero-order valence-corrected chi connectivity index (χ0v) is 30.7. The van der Waals surface area contributed by atoms with Gasteiger partial charge in [0.1, 0.15) is 0 Å². The number of hydrogen-bond donors (Lipinski definition) is 0. The normalized spacial score (nSPS) is 11.5. The molecule has 272 valence electrons. The lowest BCUT2D eigenvalue weighted by molar-refractivity contribution is -0.262. The first-order valence-electron chi connectivity index (χ1n) is 19.0. The Labute approximate surface area is 281 Å². The lowest BCUT2D eigenvalue weighted by Gasteiger charge is -2.14. The number of phosphoric acid groups is 1. The smallest absolute Gasteiger partial charge is 0.367 e. The van der Waals surface area contributed by atoms with Crippen molar-refractivity contribution in [2.45, 2.75) is 213 Å². The molecule has 0 aliphatic rings. The fraction of sp³-hybridized carbons (Fsp3) is 0.917. The maximum atomic E-state index is 13.1. The third-order valence-corrected chi connectivity index (χ3v) is 9.05. The molecule has 0 aromatic carbocycles. The standard InChI is InChI=1S/C36H69O9P/c1-4-7-10-13-16-19-22-25-28-31-34(37)41-44-46(40,43-36(39)33-30-27-24-21-18-15-12-9-6-3)45-42-35(38)32-29-26-23-20-17-14-11-8-5-2/h4-33H2,1-3H3. The van der Waals surface area contributed by atoms with Crippen molar-refractivity contribution in [3.8, 4) is 0 Å². The fourth-order valence-corrected chi connectivity index (χ4v) is 5.99. The van der Waals surface area contributed by atoms with Crippen LogP contribution in [0.2, 0.25) is 0 Å². The highest BCUT2D eigenvalue weighted by atomic mass is 31.2. The van der Waals surface area contributed by atoms with Gasteiger partial charge in [0.2, 0.25) is 0 Å². The number of rotatable bonds is 35. The molecule has 0 spiro atoms. The van der Waals surface area contributed by atoms with Gasteiger partial charge in [-0.15, -0.1) is 0 Å². The summed E-state index contributed by atoms with van der Waals surface area (Å²) in [6, 6.07) is 0.